The number of rotatable bonds is 6. The van der Waals surface area contributed by atoms with Gasteiger partial charge in [-0.2, -0.15) is 0 Å². The van der Waals surface area contributed by atoms with E-state index >= 15 is 0 Å². The van der Waals surface area contributed by atoms with Crippen LogP contribution in [0.3, 0.4) is 0 Å². The molecule has 2 heterocycles. The molecule has 0 saturated heterocycles. The Balaban J connectivity index is 1.29. The van der Waals surface area contributed by atoms with Gasteiger partial charge in [-0.3, -0.25) is 5.43 Å². The first-order valence-corrected chi connectivity index (χ1v) is 12.7. The largest absolute Gasteiger partial charge is 0.489 e. The molecule has 0 spiro atoms. The second-order valence-corrected chi connectivity index (χ2v) is 9.58. The molecule has 1 aromatic heterocycles. The quantitative estimate of drug-likeness (QED) is 0.260. The molecule has 0 aliphatic carbocycles. The molecule has 36 heavy (non-hydrogen) atoms. The molecule has 0 amide bonds. The summed E-state index contributed by atoms with van der Waals surface area (Å²) in [5, 5.41) is 10.5. The minimum atomic E-state index is 0.408. The van der Waals surface area contributed by atoms with Crippen LogP contribution < -0.4 is 10.2 Å². The van der Waals surface area contributed by atoms with Gasteiger partial charge in [-0.25, -0.2) is 4.68 Å². The van der Waals surface area contributed by atoms with E-state index in [0.29, 0.717) is 11.6 Å². The fraction of sp³-hybridized carbons (Fsp3) is 0.0345. The highest BCUT2D eigenvalue weighted by molar-refractivity contribution is 8.08. The number of aromatic nitrogens is 3. The number of nitrogens with one attached hydrogen (secondary N) is 1. The number of nitrogens with zero attached hydrogens (tertiary/aromatic N) is 3. The third-order valence-corrected chi connectivity index (χ3v) is 7.30. The van der Waals surface area contributed by atoms with Crippen LogP contribution in [0.4, 0.5) is 0 Å². The van der Waals surface area contributed by atoms with Crippen molar-refractivity contribution in [3.8, 4) is 17.1 Å². The Kier molecular flexibility index (Phi) is 6.20. The first-order valence-electron chi connectivity index (χ1n) is 11.5. The lowest BCUT2D eigenvalue weighted by Crippen LogP contribution is -2.20. The van der Waals surface area contributed by atoms with Crippen LogP contribution in [0, 0.1) is 0 Å². The minimum Gasteiger partial charge on any atom is -0.489 e. The molecule has 1 aliphatic rings. The fourth-order valence-electron chi connectivity index (χ4n) is 4.00. The minimum absolute atomic E-state index is 0.408. The van der Waals surface area contributed by atoms with Gasteiger partial charge in [0, 0.05) is 26.6 Å². The lowest BCUT2D eigenvalue weighted by molar-refractivity contribution is 0.306. The highest BCUT2D eigenvalue weighted by Gasteiger charge is 2.25. The van der Waals surface area contributed by atoms with Crippen LogP contribution in [0.5, 0.6) is 5.75 Å². The second-order valence-electron chi connectivity index (χ2n) is 8.20. The molecule has 5 aromatic rings. The number of hydrogen-bond acceptors (Lipinski definition) is 5. The van der Waals surface area contributed by atoms with Crippen LogP contribution >= 0.6 is 23.4 Å². The number of fused-ring (bicyclic) bond motifs is 1. The van der Waals surface area contributed by atoms with Gasteiger partial charge in [0.25, 0.3) is 0 Å². The summed E-state index contributed by atoms with van der Waals surface area (Å²) < 4.78 is 7.88. The fourth-order valence-corrected chi connectivity index (χ4v) is 5.20. The molecular weight excluding hydrogens is 488 g/mol. The van der Waals surface area contributed by atoms with Crippen molar-refractivity contribution in [2.24, 2.45) is 0 Å². The summed E-state index contributed by atoms with van der Waals surface area (Å²) in [7, 11) is 0. The van der Waals surface area contributed by atoms with Crippen molar-refractivity contribution in [1.29, 1.82) is 0 Å². The Hall–Kier alpha value is -4.00. The van der Waals surface area contributed by atoms with E-state index in [9.17, 15) is 0 Å². The zero-order valence-corrected chi connectivity index (χ0v) is 20.7. The first kappa shape index (κ1) is 22.5. The van der Waals surface area contributed by atoms with E-state index in [1.54, 1.807) is 11.8 Å². The van der Waals surface area contributed by atoms with E-state index in [4.69, 9.17) is 16.3 Å². The molecule has 1 aliphatic heterocycles. The maximum absolute atomic E-state index is 6.25. The molecule has 0 radical (unpaired) electrons. The number of hydrogen-bond donors (Lipinski definition) is 1. The summed E-state index contributed by atoms with van der Waals surface area (Å²) in [5.41, 5.74) is 8.70. The third-order valence-electron chi connectivity index (χ3n) is 5.84. The monoisotopic (exact) mass is 508 g/mol. The molecule has 0 bridgehead atoms. The summed E-state index contributed by atoms with van der Waals surface area (Å²) >= 11 is 7.85. The Bertz CT molecular complexity index is 1530. The molecule has 0 unspecified atom stereocenters. The third kappa shape index (κ3) is 4.49. The van der Waals surface area contributed by atoms with E-state index in [1.165, 1.54) is 0 Å². The average Bonchev–Trinajstić information content (AvgIpc) is 3.36. The van der Waals surface area contributed by atoms with Crippen molar-refractivity contribution in [3.05, 3.63) is 131 Å². The van der Waals surface area contributed by atoms with Gasteiger partial charge in [-0.1, -0.05) is 90.5 Å². The van der Waals surface area contributed by atoms with Crippen molar-refractivity contribution in [2.75, 3.05) is 5.43 Å². The Morgan fingerprint density at radius 2 is 1.39 bits per heavy atom. The number of thioether (sulfide) groups is 1. The van der Waals surface area contributed by atoms with Gasteiger partial charge >= 0.3 is 0 Å². The normalized spacial score (nSPS) is 12.7. The molecular formula is C29H21ClN4OS. The highest BCUT2D eigenvalue weighted by atomic mass is 35.5. The Labute approximate surface area is 218 Å². The van der Waals surface area contributed by atoms with Crippen molar-refractivity contribution < 1.29 is 4.74 Å². The zero-order valence-electron chi connectivity index (χ0n) is 19.1. The molecule has 4 aromatic carbocycles. The lowest BCUT2D eigenvalue weighted by atomic mass is 10.1. The smallest absolute Gasteiger partial charge is 0.215 e. The van der Waals surface area contributed by atoms with E-state index in [1.807, 2.05) is 89.6 Å². The molecule has 0 fully saturated rings. The highest BCUT2D eigenvalue weighted by Crippen LogP contribution is 2.43. The maximum atomic E-state index is 6.25. The number of halogens is 1. The van der Waals surface area contributed by atoms with Crippen molar-refractivity contribution in [2.45, 2.75) is 11.8 Å². The molecule has 0 atom stereocenters. The van der Waals surface area contributed by atoms with Gasteiger partial charge in [0.15, 0.2) is 5.82 Å². The van der Waals surface area contributed by atoms with Crippen LogP contribution in [0.25, 0.3) is 22.0 Å². The maximum Gasteiger partial charge on any atom is 0.215 e. The molecule has 6 rings (SSSR count). The van der Waals surface area contributed by atoms with E-state index < -0.39 is 0 Å². The predicted octanol–water partition coefficient (Wildman–Crippen LogP) is 7.35. The van der Waals surface area contributed by atoms with E-state index in [2.05, 4.69) is 39.9 Å². The molecule has 0 saturated carbocycles. The Morgan fingerprint density at radius 1 is 0.722 bits per heavy atom. The SMILES string of the molecule is Clc1ccccc1COc1ccc(-c2nnc3n2NC(c2ccccc2)=C(c2ccccc2)S3)cc1. The van der Waals surface area contributed by atoms with Crippen LogP contribution in [0.2, 0.25) is 5.02 Å². The van der Waals surface area contributed by atoms with Gasteiger partial charge < -0.3 is 4.74 Å². The van der Waals surface area contributed by atoms with Gasteiger partial charge in [0.1, 0.15) is 12.4 Å². The van der Waals surface area contributed by atoms with E-state index in [-0.39, 0.29) is 0 Å². The average molecular weight is 509 g/mol. The van der Waals surface area contributed by atoms with Crippen LogP contribution in [-0.4, -0.2) is 14.9 Å². The van der Waals surface area contributed by atoms with Gasteiger partial charge in [0.2, 0.25) is 5.16 Å². The molecule has 176 valence electrons. The van der Waals surface area contributed by atoms with Crippen LogP contribution in [0.15, 0.2) is 114 Å². The number of ether oxygens (including phenoxy) is 1. The van der Waals surface area contributed by atoms with Crippen molar-refractivity contribution >= 4 is 34.0 Å². The summed E-state index contributed by atoms with van der Waals surface area (Å²) in [6, 6.07) is 36.2. The molecule has 7 heteroatoms. The standard InChI is InChI=1S/C29H21ClN4OS/c30-25-14-8-7-13-23(25)19-35-24-17-15-22(16-18-24)28-31-32-29-34(28)33-26(20-9-3-1-4-10-20)27(36-29)21-11-5-2-6-12-21/h1-18,33H,19H2. The summed E-state index contributed by atoms with van der Waals surface area (Å²) in [4.78, 5) is 1.11. The molecule has 1 N–H and O–H groups in total. The topological polar surface area (TPSA) is 52.0 Å². The lowest BCUT2D eigenvalue weighted by Gasteiger charge is -2.24. The second kappa shape index (κ2) is 9.93. The predicted molar refractivity (Wildman–Crippen MR) is 146 cm³/mol. The van der Waals surface area contributed by atoms with Crippen LogP contribution in [0.1, 0.15) is 16.7 Å². The summed E-state index contributed by atoms with van der Waals surface area (Å²) in [6.45, 7) is 0.408. The van der Waals surface area contributed by atoms with E-state index in [0.717, 1.165) is 49.6 Å². The molecule has 5 nitrogen and oxygen atoms in total. The zero-order chi connectivity index (χ0) is 24.3. The van der Waals surface area contributed by atoms with Gasteiger partial charge in [-0.15, -0.1) is 10.2 Å². The summed E-state index contributed by atoms with van der Waals surface area (Å²) in [5.74, 6) is 1.49. The summed E-state index contributed by atoms with van der Waals surface area (Å²) in [6.07, 6.45) is 0. The van der Waals surface area contributed by atoms with Crippen LogP contribution in [-0.2, 0) is 6.61 Å². The van der Waals surface area contributed by atoms with Gasteiger partial charge in [-0.05, 0) is 47.7 Å². The first-order chi connectivity index (χ1) is 17.8. The Morgan fingerprint density at radius 3 is 2.11 bits per heavy atom. The van der Waals surface area contributed by atoms with Gasteiger partial charge in [0.05, 0.1) is 5.70 Å². The number of benzene rings is 4. The van der Waals surface area contributed by atoms with Crippen molar-refractivity contribution in [1.82, 2.24) is 14.9 Å². The van der Waals surface area contributed by atoms with Crippen molar-refractivity contribution in [3.63, 3.8) is 0 Å².